The number of hydrogen-bond donors (Lipinski definition) is 2. The molecule has 0 aliphatic carbocycles. The van der Waals surface area contributed by atoms with E-state index in [1.807, 2.05) is 12.1 Å². The first-order valence-electron chi connectivity index (χ1n) is 6.71. The van der Waals surface area contributed by atoms with Gasteiger partial charge in [-0.15, -0.1) is 0 Å². The fraction of sp³-hybridized carbons (Fsp3) is 0.267. The second-order valence-electron chi connectivity index (χ2n) is 4.45. The Labute approximate surface area is 128 Å². The summed E-state index contributed by atoms with van der Waals surface area (Å²) in [7, 11) is 3.10. The summed E-state index contributed by atoms with van der Waals surface area (Å²) >= 11 is 0. The first-order valence-corrected chi connectivity index (χ1v) is 6.71. The van der Waals surface area contributed by atoms with Gasteiger partial charge in [0, 0.05) is 37.6 Å². The Balaban J connectivity index is 1.80. The average Bonchev–Trinajstić information content (AvgIpc) is 2.58. The second-order valence-corrected chi connectivity index (χ2v) is 4.45. The Kier molecular flexibility index (Phi) is 5.53. The molecule has 0 aliphatic heterocycles. The lowest BCUT2D eigenvalue weighted by atomic mass is 10.2. The van der Waals surface area contributed by atoms with Crippen molar-refractivity contribution in [2.45, 2.75) is 13.1 Å². The lowest BCUT2D eigenvalue weighted by molar-refractivity contribution is 0.240. The molecule has 116 valence electrons. The minimum Gasteiger partial charge on any atom is -0.481 e. The molecule has 7 nitrogen and oxygen atoms in total. The molecule has 0 saturated heterocycles. The monoisotopic (exact) mass is 302 g/mol. The van der Waals surface area contributed by atoms with Gasteiger partial charge in [-0.25, -0.2) is 14.8 Å². The smallest absolute Gasteiger partial charge is 0.315 e. The maximum absolute atomic E-state index is 11.8. The summed E-state index contributed by atoms with van der Waals surface area (Å²) in [6, 6.07) is 6.92. The highest BCUT2D eigenvalue weighted by Gasteiger charge is 2.03. The third kappa shape index (κ3) is 4.62. The van der Waals surface area contributed by atoms with Crippen molar-refractivity contribution < 1.29 is 14.3 Å². The molecule has 2 aromatic rings. The molecule has 0 saturated carbocycles. The number of nitrogens with zero attached hydrogens (tertiary/aromatic N) is 2. The minimum atomic E-state index is -0.258. The molecule has 2 N–H and O–H groups in total. The van der Waals surface area contributed by atoms with E-state index in [1.165, 1.54) is 0 Å². The number of rotatable bonds is 6. The van der Waals surface area contributed by atoms with Crippen molar-refractivity contribution in [2.75, 3.05) is 14.2 Å². The van der Waals surface area contributed by atoms with Crippen molar-refractivity contribution in [3.8, 4) is 11.8 Å². The number of aromatic nitrogens is 2. The zero-order valence-electron chi connectivity index (χ0n) is 12.5. The number of urea groups is 1. The van der Waals surface area contributed by atoms with Gasteiger partial charge >= 0.3 is 6.03 Å². The summed E-state index contributed by atoms with van der Waals surface area (Å²) in [6.07, 6.45) is 3.27. The Hall–Kier alpha value is -2.83. The molecule has 0 radical (unpaired) electrons. The molecule has 2 amide bonds. The van der Waals surface area contributed by atoms with E-state index in [4.69, 9.17) is 9.47 Å². The van der Waals surface area contributed by atoms with E-state index in [-0.39, 0.29) is 6.03 Å². The van der Waals surface area contributed by atoms with Gasteiger partial charge in [0.05, 0.1) is 14.2 Å². The molecule has 2 heterocycles. The van der Waals surface area contributed by atoms with Crippen LogP contribution in [0.3, 0.4) is 0 Å². The summed E-state index contributed by atoms with van der Waals surface area (Å²) in [4.78, 5) is 19.8. The van der Waals surface area contributed by atoms with E-state index >= 15 is 0 Å². The number of carbonyl (C=O) groups excluding carboxylic acids is 1. The van der Waals surface area contributed by atoms with Gasteiger partial charge in [-0.05, 0) is 23.3 Å². The van der Waals surface area contributed by atoms with E-state index in [2.05, 4.69) is 20.6 Å². The Morgan fingerprint density at radius 1 is 0.955 bits per heavy atom. The Bertz CT molecular complexity index is 580. The van der Waals surface area contributed by atoms with Crippen LogP contribution in [0.4, 0.5) is 4.79 Å². The summed E-state index contributed by atoms with van der Waals surface area (Å²) in [5.74, 6) is 1.03. The van der Waals surface area contributed by atoms with Crippen molar-refractivity contribution in [2.24, 2.45) is 0 Å². The molecular weight excluding hydrogens is 284 g/mol. The summed E-state index contributed by atoms with van der Waals surface area (Å²) in [5, 5.41) is 5.54. The molecule has 22 heavy (non-hydrogen) atoms. The molecule has 2 aromatic heterocycles. The zero-order chi connectivity index (χ0) is 15.8. The number of hydrogen-bond acceptors (Lipinski definition) is 5. The lowest BCUT2D eigenvalue weighted by Crippen LogP contribution is -2.34. The molecule has 0 bridgehead atoms. The summed E-state index contributed by atoms with van der Waals surface area (Å²) in [5.41, 5.74) is 1.82. The van der Waals surface area contributed by atoms with Crippen LogP contribution in [0.2, 0.25) is 0 Å². The predicted molar refractivity (Wildman–Crippen MR) is 80.7 cm³/mol. The highest BCUT2D eigenvalue weighted by Crippen LogP contribution is 2.09. The van der Waals surface area contributed by atoms with E-state index in [0.717, 1.165) is 11.1 Å². The van der Waals surface area contributed by atoms with Crippen LogP contribution < -0.4 is 20.1 Å². The third-order valence-corrected chi connectivity index (χ3v) is 2.92. The van der Waals surface area contributed by atoms with Crippen molar-refractivity contribution >= 4 is 6.03 Å². The third-order valence-electron chi connectivity index (χ3n) is 2.92. The molecule has 0 spiro atoms. The van der Waals surface area contributed by atoms with Crippen LogP contribution in [-0.2, 0) is 13.1 Å². The summed E-state index contributed by atoms with van der Waals surface area (Å²) in [6.45, 7) is 0.786. The van der Waals surface area contributed by atoms with Crippen LogP contribution in [-0.4, -0.2) is 30.2 Å². The van der Waals surface area contributed by atoms with Gasteiger partial charge in [0.2, 0.25) is 11.8 Å². The maximum atomic E-state index is 11.8. The van der Waals surface area contributed by atoms with Gasteiger partial charge in [0.1, 0.15) is 0 Å². The van der Waals surface area contributed by atoms with E-state index in [9.17, 15) is 4.79 Å². The molecule has 0 aliphatic rings. The lowest BCUT2D eigenvalue weighted by Gasteiger charge is -2.09. The number of methoxy groups -OCH3 is 2. The van der Waals surface area contributed by atoms with Gasteiger partial charge in [0.15, 0.2) is 0 Å². The maximum Gasteiger partial charge on any atom is 0.315 e. The highest BCUT2D eigenvalue weighted by molar-refractivity contribution is 5.73. The molecule has 2 rings (SSSR count). The van der Waals surface area contributed by atoms with E-state index in [0.29, 0.717) is 24.8 Å². The first-order chi connectivity index (χ1) is 10.7. The fourth-order valence-electron chi connectivity index (χ4n) is 1.77. The van der Waals surface area contributed by atoms with Crippen LogP contribution >= 0.6 is 0 Å². The second kappa shape index (κ2) is 7.82. The number of nitrogens with one attached hydrogen (secondary N) is 2. The topological polar surface area (TPSA) is 85.4 Å². The van der Waals surface area contributed by atoms with Gasteiger partial charge in [-0.3, -0.25) is 0 Å². The van der Waals surface area contributed by atoms with Crippen LogP contribution in [0.5, 0.6) is 11.8 Å². The van der Waals surface area contributed by atoms with Crippen molar-refractivity contribution in [1.82, 2.24) is 20.6 Å². The van der Waals surface area contributed by atoms with Crippen LogP contribution in [0.1, 0.15) is 11.1 Å². The number of pyridine rings is 2. The molecule has 7 heteroatoms. The molecule has 0 atom stereocenters. The molecule has 0 fully saturated rings. The zero-order valence-corrected chi connectivity index (χ0v) is 12.5. The SMILES string of the molecule is COc1cc(CNC(=O)NCc2ccnc(OC)c2)ccn1. The Morgan fingerprint density at radius 2 is 1.41 bits per heavy atom. The standard InChI is InChI=1S/C15H18N4O3/c1-21-13-7-11(3-5-16-13)9-18-15(20)19-10-12-4-6-17-14(8-12)22-2/h3-8H,9-10H2,1-2H3,(H2,18,19,20). The number of carbonyl (C=O) groups is 1. The van der Waals surface area contributed by atoms with E-state index < -0.39 is 0 Å². The van der Waals surface area contributed by atoms with Gasteiger partial charge < -0.3 is 20.1 Å². The van der Waals surface area contributed by atoms with Crippen LogP contribution in [0, 0.1) is 0 Å². The largest absolute Gasteiger partial charge is 0.481 e. The highest BCUT2D eigenvalue weighted by atomic mass is 16.5. The number of amides is 2. The van der Waals surface area contributed by atoms with Crippen molar-refractivity contribution in [1.29, 1.82) is 0 Å². The summed E-state index contributed by atoms with van der Waals surface area (Å²) < 4.78 is 10.1. The van der Waals surface area contributed by atoms with Crippen LogP contribution in [0.15, 0.2) is 36.7 Å². The minimum absolute atomic E-state index is 0.258. The van der Waals surface area contributed by atoms with Gasteiger partial charge in [0.25, 0.3) is 0 Å². The first kappa shape index (κ1) is 15.6. The van der Waals surface area contributed by atoms with Crippen LogP contribution in [0.25, 0.3) is 0 Å². The fourth-order valence-corrected chi connectivity index (χ4v) is 1.77. The van der Waals surface area contributed by atoms with Crippen molar-refractivity contribution in [3.05, 3.63) is 47.8 Å². The van der Waals surface area contributed by atoms with Gasteiger partial charge in [-0.1, -0.05) is 0 Å². The molecule has 0 aromatic carbocycles. The van der Waals surface area contributed by atoms with Crippen molar-refractivity contribution in [3.63, 3.8) is 0 Å². The molecule has 0 unspecified atom stereocenters. The van der Waals surface area contributed by atoms with E-state index in [1.54, 1.807) is 38.7 Å². The normalized spacial score (nSPS) is 9.91. The Morgan fingerprint density at radius 3 is 1.82 bits per heavy atom. The molecular formula is C15H18N4O3. The quantitative estimate of drug-likeness (QED) is 0.844. The predicted octanol–water partition coefficient (Wildman–Crippen LogP) is 1.49. The van der Waals surface area contributed by atoms with Gasteiger partial charge in [-0.2, -0.15) is 0 Å². The number of ether oxygens (including phenoxy) is 2. The average molecular weight is 302 g/mol.